The van der Waals surface area contributed by atoms with Crippen LogP contribution in [-0.2, 0) is 14.3 Å². The third-order valence-corrected chi connectivity index (χ3v) is 4.15. The highest BCUT2D eigenvalue weighted by atomic mass is 19.4. The molecule has 3 rings (SSSR count). The van der Waals surface area contributed by atoms with E-state index in [1.54, 1.807) is 0 Å². The molecule has 6 heteroatoms. The first-order valence-electron chi connectivity index (χ1n) is 6.05. The zero-order valence-electron chi connectivity index (χ0n) is 9.63. The van der Waals surface area contributed by atoms with Crippen LogP contribution in [0, 0.1) is 11.8 Å². The summed E-state index contributed by atoms with van der Waals surface area (Å²) in [5.41, 5.74) is 0.279. The van der Waals surface area contributed by atoms with Crippen molar-refractivity contribution in [1.29, 1.82) is 0 Å². The molecule has 0 N–H and O–H groups in total. The molecule has 1 saturated heterocycles. The van der Waals surface area contributed by atoms with Gasteiger partial charge in [0.1, 0.15) is 6.29 Å². The van der Waals surface area contributed by atoms with E-state index in [1.807, 2.05) is 0 Å². The molecule has 0 aromatic heterocycles. The van der Waals surface area contributed by atoms with Crippen LogP contribution >= 0.6 is 0 Å². The molecule has 18 heavy (non-hydrogen) atoms. The van der Waals surface area contributed by atoms with Crippen LogP contribution in [0.1, 0.15) is 19.3 Å². The Morgan fingerprint density at radius 1 is 1.17 bits per heavy atom. The van der Waals surface area contributed by atoms with E-state index in [2.05, 4.69) is 0 Å². The highest BCUT2D eigenvalue weighted by molar-refractivity contribution is 5.80. The Morgan fingerprint density at radius 2 is 1.78 bits per heavy atom. The summed E-state index contributed by atoms with van der Waals surface area (Å²) in [7, 11) is 0. The molecule has 0 amide bonds. The van der Waals surface area contributed by atoms with Crippen LogP contribution in [-0.4, -0.2) is 31.5 Å². The fourth-order valence-corrected chi connectivity index (χ4v) is 3.46. The summed E-state index contributed by atoms with van der Waals surface area (Å²) in [4.78, 5) is 11.0. The number of aldehydes is 1. The molecule has 0 radical (unpaired) electrons. The predicted molar refractivity (Wildman–Crippen MR) is 54.6 cm³/mol. The quantitative estimate of drug-likeness (QED) is 0.716. The number of carbonyl (C=O) groups is 1. The van der Waals surface area contributed by atoms with Gasteiger partial charge in [-0.05, 0) is 24.7 Å². The second-order valence-electron chi connectivity index (χ2n) is 4.94. The van der Waals surface area contributed by atoms with Gasteiger partial charge in [-0.2, -0.15) is 13.2 Å². The van der Waals surface area contributed by atoms with Crippen LogP contribution < -0.4 is 0 Å². The van der Waals surface area contributed by atoms with Gasteiger partial charge >= 0.3 is 6.18 Å². The van der Waals surface area contributed by atoms with Crippen LogP contribution in [0.3, 0.4) is 0 Å². The predicted octanol–water partition coefficient (Wildman–Crippen LogP) is 2.22. The molecule has 2 aliphatic carbocycles. The van der Waals surface area contributed by atoms with Crippen LogP contribution in [0.4, 0.5) is 13.2 Å². The van der Waals surface area contributed by atoms with Gasteiger partial charge in [-0.25, -0.2) is 0 Å². The molecule has 1 aliphatic heterocycles. The number of halogens is 3. The van der Waals surface area contributed by atoms with Gasteiger partial charge in [0, 0.05) is 11.1 Å². The third kappa shape index (κ3) is 1.36. The van der Waals surface area contributed by atoms with Crippen LogP contribution in [0.2, 0.25) is 0 Å². The summed E-state index contributed by atoms with van der Waals surface area (Å²) in [5.74, 6) is -2.89. The summed E-state index contributed by atoms with van der Waals surface area (Å²) in [6.45, 7) is -0.181. The van der Waals surface area contributed by atoms with Crippen LogP contribution in [0.5, 0.6) is 0 Å². The molecule has 1 saturated carbocycles. The number of carbonyl (C=O) groups excluding carboxylic acids is 1. The summed E-state index contributed by atoms with van der Waals surface area (Å²) in [6.07, 6.45) is -1.77. The standard InChI is InChI=1S/C12H13F3O3/c13-12(14,15)11(17-4-5-18-11)10-8-3-1-2-7(8)9(10)6-16/h6-8H,1-5H2. The largest absolute Gasteiger partial charge is 0.447 e. The molecule has 3 aliphatic rings. The summed E-state index contributed by atoms with van der Waals surface area (Å²) < 4.78 is 49.5. The van der Waals surface area contributed by atoms with E-state index >= 15 is 0 Å². The Bertz CT molecular complexity index is 407. The summed E-state index contributed by atoms with van der Waals surface area (Å²) >= 11 is 0. The molecule has 0 aromatic rings. The smallest absolute Gasteiger partial charge is 0.337 e. The topological polar surface area (TPSA) is 35.5 Å². The second kappa shape index (κ2) is 3.81. The Morgan fingerprint density at radius 3 is 2.33 bits per heavy atom. The van der Waals surface area contributed by atoms with Crippen LogP contribution in [0.25, 0.3) is 0 Å². The normalized spacial score (nSPS) is 34.4. The Kier molecular flexibility index (Phi) is 2.57. The minimum atomic E-state index is -4.64. The van der Waals surface area contributed by atoms with E-state index in [0.29, 0.717) is 12.7 Å². The lowest BCUT2D eigenvalue weighted by Crippen LogP contribution is -2.54. The number of fused-ring (bicyclic) bond motifs is 1. The highest BCUT2D eigenvalue weighted by Crippen LogP contribution is 2.59. The molecule has 100 valence electrons. The van der Waals surface area contributed by atoms with Crippen LogP contribution in [0.15, 0.2) is 11.1 Å². The fraction of sp³-hybridized carbons (Fsp3) is 0.750. The number of hydrogen-bond donors (Lipinski definition) is 0. The van der Waals surface area contributed by atoms with Crippen molar-refractivity contribution >= 4 is 6.29 Å². The van der Waals surface area contributed by atoms with E-state index in [0.717, 1.165) is 12.8 Å². The van der Waals surface area contributed by atoms with Gasteiger partial charge < -0.3 is 9.47 Å². The second-order valence-corrected chi connectivity index (χ2v) is 4.94. The number of hydrogen-bond acceptors (Lipinski definition) is 3. The average molecular weight is 262 g/mol. The molecule has 0 spiro atoms. The van der Waals surface area contributed by atoms with Crippen molar-refractivity contribution < 1.29 is 27.4 Å². The first-order valence-corrected chi connectivity index (χ1v) is 6.05. The maximum atomic E-state index is 13.3. The monoisotopic (exact) mass is 262 g/mol. The highest BCUT2D eigenvalue weighted by Gasteiger charge is 2.68. The molecular weight excluding hydrogens is 249 g/mol. The van der Waals surface area contributed by atoms with Gasteiger partial charge in [-0.1, -0.05) is 6.42 Å². The minimum absolute atomic E-state index is 0.0236. The van der Waals surface area contributed by atoms with E-state index in [9.17, 15) is 18.0 Å². The van der Waals surface area contributed by atoms with Gasteiger partial charge in [-0.3, -0.25) is 4.79 Å². The van der Waals surface area contributed by atoms with Gasteiger partial charge in [-0.15, -0.1) is 0 Å². The van der Waals surface area contributed by atoms with Crippen molar-refractivity contribution in [2.24, 2.45) is 11.8 Å². The maximum absolute atomic E-state index is 13.3. The van der Waals surface area contributed by atoms with Gasteiger partial charge in [0.15, 0.2) is 0 Å². The number of alkyl halides is 3. The maximum Gasteiger partial charge on any atom is 0.447 e. The third-order valence-electron chi connectivity index (χ3n) is 4.15. The average Bonchev–Trinajstić information content (AvgIpc) is 2.88. The minimum Gasteiger partial charge on any atom is -0.337 e. The molecular formula is C12H13F3O3. The molecule has 0 bridgehead atoms. The SMILES string of the molecule is O=CC1=C(C2(C(F)(F)F)OCCO2)C2CCCC12. The van der Waals surface area contributed by atoms with E-state index in [1.165, 1.54) is 0 Å². The zero-order valence-corrected chi connectivity index (χ0v) is 9.63. The van der Waals surface area contributed by atoms with Crippen molar-refractivity contribution in [3.8, 4) is 0 Å². The molecule has 2 unspecified atom stereocenters. The Hall–Kier alpha value is -0.880. The van der Waals surface area contributed by atoms with Crippen molar-refractivity contribution in [2.75, 3.05) is 13.2 Å². The van der Waals surface area contributed by atoms with Gasteiger partial charge in [0.2, 0.25) is 0 Å². The molecule has 3 nitrogen and oxygen atoms in total. The lowest BCUT2D eigenvalue weighted by molar-refractivity contribution is -0.329. The van der Waals surface area contributed by atoms with E-state index in [-0.39, 0.29) is 36.2 Å². The lowest BCUT2D eigenvalue weighted by Gasteiger charge is -2.44. The molecule has 1 heterocycles. The van der Waals surface area contributed by atoms with Crippen molar-refractivity contribution in [1.82, 2.24) is 0 Å². The lowest BCUT2D eigenvalue weighted by atomic mass is 9.67. The fourth-order valence-electron chi connectivity index (χ4n) is 3.46. The first kappa shape index (κ1) is 12.2. The molecule has 2 fully saturated rings. The van der Waals surface area contributed by atoms with Crippen molar-refractivity contribution in [2.45, 2.75) is 31.2 Å². The summed E-state index contributed by atoms with van der Waals surface area (Å²) in [6, 6.07) is 0. The zero-order chi connectivity index (χ0) is 13.0. The molecule has 0 aromatic carbocycles. The number of allylic oxidation sites excluding steroid dienone is 1. The number of ether oxygens (including phenoxy) is 2. The molecule has 2 atom stereocenters. The first-order chi connectivity index (χ1) is 8.51. The van der Waals surface area contributed by atoms with Gasteiger partial charge in [0.05, 0.1) is 13.2 Å². The van der Waals surface area contributed by atoms with Gasteiger partial charge in [0.25, 0.3) is 5.79 Å². The van der Waals surface area contributed by atoms with Crippen molar-refractivity contribution in [3.63, 3.8) is 0 Å². The Balaban J connectivity index is 2.06. The van der Waals surface area contributed by atoms with E-state index in [4.69, 9.17) is 9.47 Å². The number of rotatable bonds is 2. The summed E-state index contributed by atoms with van der Waals surface area (Å²) in [5, 5.41) is 0. The van der Waals surface area contributed by atoms with E-state index < -0.39 is 12.0 Å². The Labute approximate surface area is 102 Å². The van der Waals surface area contributed by atoms with Crippen molar-refractivity contribution in [3.05, 3.63) is 11.1 Å².